The second kappa shape index (κ2) is 6.86. The van der Waals surface area contributed by atoms with Crippen molar-refractivity contribution in [2.75, 3.05) is 5.32 Å². The summed E-state index contributed by atoms with van der Waals surface area (Å²) in [6.45, 7) is 1.81. The number of nitrogens with zero attached hydrogens (tertiary/aromatic N) is 4. The second-order valence-corrected chi connectivity index (χ2v) is 6.97. The molecular formula is C18H12BrF3N6. The molecule has 0 fully saturated rings. The minimum Gasteiger partial charge on any atom is -0.323 e. The van der Waals surface area contributed by atoms with Gasteiger partial charge in [0.15, 0.2) is 5.82 Å². The number of nitrogens with one attached hydrogen (secondary N) is 2. The van der Waals surface area contributed by atoms with Gasteiger partial charge in [-0.05, 0) is 37.3 Å². The molecule has 1 aromatic carbocycles. The Morgan fingerprint density at radius 1 is 1.11 bits per heavy atom. The van der Waals surface area contributed by atoms with Crippen LogP contribution in [0.5, 0.6) is 0 Å². The molecule has 6 nitrogen and oxygen atoms in total. The van der Waals surface area contributed by atoms with Gasteiger partial charge in [0, 0.05) is 21.6 Å². The number of aromatic amines is 1. The van der Waals surface area contributed by atoms with Gasteiger partial charge in [0.2, 0.25) is 5.82 Å². The maximum atomic E-state index is 15.0. The SMILES string of the molecule is Cc1cc(Nc2nc(C(F)(F)c3ccc(F)cn3)nc3cc(Br)ccc23)n[nH]1. The Morgan fingerprint density at radius 3 is 2.61 bits per heavy atom. The van der Waals surface area contributed by atoms with Gasteiger partial charge in [0.05, 0.1) is 11.7 Å². The number of hydrogen-bond donors (Lipinski definition) is 2. The van der Waals surface area contributed by atoms with Gasteiger partial charge in [0.25, 0.3) is 0 Å². The van der Waals surface area contributed by atoms with Gasteiger partial charge >= 0.3 is 5.92 Å². The molecule has 0 saturated heterocycles. The van der Waals surface area contributed by atoms with Crippen LogP contribution < -0.4 is 5.32 Å². The van der Waals surface area contributed by atoms with Crippen molar-refractivity contribution in [2.24, 2.45) is 0 Å². The molecule has 0 amide bonds. The number of benzene rings is 1. The minimum absolute atomic E-state index is 0.167. The van der Waals surface area contributed by atoms with E-state index in [0.29, 0.717) is 21.2 Å². The van der Waals surface area contributed by atoms with E-state index in [-0.39, 0.29) is 5.82 Å². The third-order valence-electron chi connectivity index (χ3n) is 3.94. The molecule has 2 N–H and O–H groups in total. The molecule has 142 valence electrons. The summed E-state index contributed by atoms with van der Waals surface area (Å²) in [4.78, 5) is 11.5. The van der Waals surface area contributed by atoms with Crippen molar-refractivity contribution >= 4 is 38.5 Å². The van der Waals surface area contributed by atoms with E-state index in [9.17, 15) is 4.39 Å². The van der Waals surface area contributed by atoms with Crippen LogP contribution in [0.25, 0.3) is 10.9 Å². The number of alkyl halides is 2. The van der Waals surface area contributed by atoms with Crippen LogP contribution in [-0.2, 0) is 5.92 Å². The Balaban J connectivity index is 1.87. The molecule has 3 aromatic heterocycles. The van der Waals surface area contributed by atoms with E-state index in [0.717, 1.165) is 24.0 Å². The van der Waals surface area contributed by atoms with Crippen molar-refractivity contribution in [2.45, 2.75) is 12.8 Å². The number of aryl methyl sites for hydroxylation is 1. The minimum atomic E-state index is -3.62. The average molecular weight is 449 g/mol. The highest BCUT2D eigenvalue weighted by Gasteiger charge is 2.40. The normalized spacial score (nSPS) is 11.8. The molecule has 0 radical (unpaired) electrons. The summed E-state index contributed by atoms with van der Waals surface area (Å²) in [6, 6.07) is 8.61. The molecule has 0 aliphatic rings. The summed E-state index contributed by atoms with van der Waals surface area (Å²) in [5.41, 5.74) is 0.449. The molecule has 4 rings (SSSR count). The van der Waals surface area contributed by atoms with Gasteiger partial charge in [-0.15, -0.1) is 0 Å². The van der Waals surface area contributed by atoms with Crippen LogP contribution in [0.1, 0.15) is 17.2 Å². The van der Waals surface area contributed by atoms with E-state index in [1.54, 1.807) is 24.3 Å². The molecule has 0 unspecified atom stereocenters. The fourth-order valence-electron chi connectivity index (χ4n) is 2.62. The Kier molecular flexibility index (Phi) is 4.50. The molecule has 0 spiro atoms. The number of halogens is 4. The molecule has 0 saturated carbocycles. The second-order valence-electron chi connectivity index (χ2n) is 6.05. The zero-order chi connectivity index (χ0) is 19.9. The first-order valence-corrected chi connectivity index (χ1v) is 8.89. The molecule has 10 heteroatoms. The maximum absolute atomic E-state index is 15.0. The third kappa shape index (κ3) is 3.42. The van der Waals surface area contributed by atoms with Crippen LogP contribution in [0.2, 0.25) is 0 Å². The van der Waals surface area contributed by atoms with Gasteiger partial charge < -0.3 is 5.32 Å². The molecule has 0 aliphatic heterocycles. The molecule has 3 heterocycles. The summed E-state index contributed by atoms with van der Waals surface area (Å²) in [5.74, 6) is -4.50. The highest BCUT2D eigenvalue weighted by atomic mass is 79.9. The highest BCUT2D eigenvalue weighted by molar-refractivity contribution is 9.10. The van der Waals surface area contributed by atoms with Gasteiger partial charge in [0.1, 0.15) is 17.3 Å². The van der Waals surface area contributed by atoms with E-state index < -0.39 is 23.3 Å². The van der Waals surface area contributed by atoms with Crippen molar-refractivity contribution in [1.82, 2.24) is 25.1 Å². The largest absolute Gasteiger partial charge is 0.348 e. The van der Waals surface area contributed by atoms with E-state index in [1.807, 2.05) is 6.92 Å². The standard InChI is InChI=1S/C18H12BrF3N6/c1-9-6-15(28-27-9)25-16-12-4-2-10(19)7-13(12)24-17(26-16)18(21,22)14-5-3-11(20)8-23-14/h2-8H,1H3,(H2,24,25,26,27,28). The first-order valence-electron chi connectivity index (χ1n) is 8.09. The smallest absolute Gasteiger partial charge is 0.323 e. The predicted molar refractivity (Wildman–Crippen MR) is 101 cm³/mol. The fraction of sp³-hybridized carbons (Fsp3) is 0.111. The average Bonchev–Trinajstić information content (AvgIpc) is 3.06. The zero-order valence-corrected chi connectivity index (χ0v) is 15.9. The summed E-state index contributed by atoms with van der Waals surface area (Å²) < 4.78 is 43.8. The number of aromatic nitrogens is 5. The number of H-pyrrole nitrogens is 1. The Hall–Kier alpha value is -3.01. The van der Waals surface area contributed by atoms with Crippen LogP contribution in [0.3, 0.4) is 0 Å². The third-order valence-corrected chi connectivity index (χ3v) is 4.43. The molecular weight excluding hydrogens is 437 g/mol. The van der Waals surface area contributed by atoms with Crippen molar-refractivity contribution in [3.63, 3.8) is 0 Å². The molecule has 0 atom stereocenters. The summed E-state index contributed by atoms with van der Waals surface area (Å²) in [7, 11) is 0. The van der Waals surface area contributed by atoms with Crippen molar-refractivity contribution in [3.8, 4) is 0 Å². The van der Waals surface area contributed by atoms with Crippen molar-refractivity contribution in [3.05, 3.63) is 70.1 Å². The van der Waals surface area contributed by atoms with E-state index in [2.05, 4.69) is 46.4 Å². The summed E-state index contributed by atoms with van der Waals surface area (Å²) in [5, 5.41) is 10.3. The lowest BCUT2D eigenvalue weighted by Gasteiger charge is -2.16. The first kappa shape index (κ1) is 18.4. The number of anilines is 2. The quantitative estimate of drug-likeness (QED) is 0.466. The number of rotatable bonds is 4. The molecule has 4 aromatic rings. The fourth-order valence-corrected chi connectivity index (χ4v) is 2.97. The van der Waals surface area contributed by atoms with Crippen LogP contribution in [0.15, 0.2) is 47.1 Å². The van der Waals surface area contributed by atoms with Gasteiger partial charge in [-0.3, -0.25) is 10.1 Å². The number of hydrogen-bond acceptors (Lipinski definition) is 5. The zero-order valence-electron chi connectivity index (χ0n) is 14.3. The molecule has 28 heavy (non-hydrogen) atoms. The van der Waals surface area contributed by atoms with Gasteiger partial charge in [-0.1, -0.05) is 15.9 Å². The van der Waals surface area contributed by atoms with Crippen LogP contribution in [0, 0.1) is 12.7 Å². The van der Waals surface area contributed by atoms with Gasteiger partial charge in [-0.25, -0.2) is 14.4 Å². The molecule has 0 aliphatic carbocycles. The van der Waals surface area contributed by atoms with Crippen molar-refractivity contribution < 1.29 is 13.2 Å². The Morgan fingerprint density at radius 2 is 1.93 bits per heavy atom. The first-order chi connectivity index (χ1) is 13.3. The van der Waals surface area contributed by atoms with E-state index >= 15 is 8.78 Å². The van der Waals surface area contributed by atoms with Crippen LogP contribution in [-0.4, -0.2) is 25.1 Å². The predicted octanol–water partition coefficient (Wildman–Crippen LogP) is 4.84. The van der Waals surface area contributed by atoms with Crippen molar-refractivity contribution in [1.29, 1.82) is 0 Å². The van der Waals surface area contributed by atoms with E-state index in [4.69, 9.17) is 0 Å². The van der Waals surface area contributed by atoms with Crippen LogP contribution >= 0.6 is 15.9 Å². The number of pyridine rings is 1. The Labute approximate surface area is 165 Å². The lowest BCUT2D eigenvalue weighted by molar-refractivity contribution is 0.0285. The lowest BCUT2D eigenvalue weighted by atomic mass is 10.1. The highest BCUT2D eigenvalue weighted by Crippen LogP contribution is 2.35. The lowest BCUT2D eigenvalue weighted by Crippen LogP contribution is -2.21. The number of fused-ring (bicyclic) bond motifs is 1. The summed E-state index contributed by atoms with van der Waals surface area (Å²) in [6.07, 6.45) is 0.729. The Bertz CT molecular complexity index is 1160. The maximum Gasteiger partial charge on any atom is 0.348 e. The molecule has 0 bridgehead atoms. The van der Waals surface area contributed by atoms with E-state index in [1.165, 1.54) is 0 Å². The van der Waals surface area contributed by atoms with Crippen LogP contribution in [0.4, 0.5) is 24.8 Å². The van der Waals surface area contributed by atoms with Gasteiger partial charge in [-0.2, -0.15) is 13.9 Å². The summed E-state index contributed by atoms with van der Waals surface area (Å²) >= 11 is 3.32. The topological polar surface area (TPSA) is 79.4 Å². The monoisotopic (exact) mass is 448 g/mol.